The van der Waals surface area contributed by atoms with E-state index in [9.17, 15) is 9.59 Å². The van der Waals surface area contributed by atoms with Gasteiger partial charge in [-0.25, -0.2) is 0 Å². The van der Waals surface area contributed by atoms with Crippen LogP contribution in [0.1, 0.15) is 25.8 Å². The normalized spacial score (nSPS) is 20.9. The lowest BCUT2D eigenvalue weighted by Crippen LogP contribution is -2.44. The van der Waals surface area contributed by atoms with Gasteiger partial charge in [0.25, 0.3) is 5.91 Å². The van der Waals surface area contributed by atoms with E-state index in [0.29, 0.717) is 17.6 Å². The van der Waals surface area contributed by atoms with E-state index in [1.54, 1.807) is 12.1 Å². The van der Waals surface area contributed by atoms with E-state index in [1.165, 1.54) is 13.5 Å². The van der Waals surface area contributed by atoms with E-state index in [0.717, 1.165) is 18.7 Å². The van der Waals surface area contributed by atoms with Crippen molar-refractivity contribution < 1.29 is 19.1 Å². The highest BCUT2D eigenvalue weighted by molar-refractivity contribution is 5.78. The maximum Gasteiger partial charge on any atom is 0.309 e. The molecule has 0 aromatic heterocycles. The van der Waals surface area contributed by atoms with E-state index >= 15 is 0 Å². The summed E-state index contributed by atoms with van der Waals surface area (Å²) in [4.78, 5) is 25.4. The van der Waals surface area contributed by atoms with Gasteiger partial charge in [-0.3, -0.25) is 9.59 Å². The molecule has 1 fully saturated rings. The van der Waals surface area contributed by atoms with E-state index in [4.69, 9.17) is 4.74 Å². The van der Waals surface area contributed by atoms with Gasteiger partial charge < -0.3 is 14.4 Å². The first-order valence-electron chi connectivity index (χ1n) is 8.04. The number of piperidine rings is 1. The van der Waals surface area contributed by atoms with E-state index in [2.05, 4.69) is 18.6 Å². The number of carbonyl (C=O) groups is 2. The van der Waals surface area contributed by atoms with Crippen molar-refractivity contribution in [3.63, 3.8) is 0 Å². The molecule has 1 amide bonds. The number of nitrogens with zero attached hydrogens (tertiary/aromatic N) is 1. The third-order valence-corrected chi connectivity index (χ3v) is 4.08. The monoisotopic (exact) mass is 319 g/mol. The van der Waals surface area contributed by atoms with Crippen LogP contribution in [0.2, 0.25) is 0 Å². The standard InChI is InChI=1S/C18H25NO4/c1-13-8-14(2)11-19(10-13)17(20)12-23-16-6-4-15(5-7-16)9-18(21)22-3/h4-7,13-14H,8-12H2,1-3H3. The van der Waals surface area contributed by atoms with Gasteiger partial charge >= 0.3 is 5.97 Å². The van der Waals surface area contributed by atoms with Crippen LogP contribution in [0.25, 0.3) is 0 Å². The molecule has 0 saturated carbocycles. The van der Waals surface area contributed by atoms with Crippen LogP contribution in [-0.2, 0) is 20.7 Å². The van der Waals surface area contributed by atoms with Crippen LogP contribution in [0.4, 0.5) is 0 Å². The summed E-state index contributed by atoms with van der Waals surface area (Å²) in [5, 5.41) is 0. The molecule has 2 atom stereocenters. The van der Waals surface area contributed by atoms with E-state index in [-0.39, 0.29) is 24.9 Å². The number of esters is 1. The van der Waals surface area contributed by atoms with Gasteiger partial charge in [-0.15, -0.1) is 0 Å². The first-order chi connectivity index (χ1) is 11.0. The van der Waals surface area contributed by atoms with Crippen LogP contribution in [0.5, 0.6) is 5.75 Å². The maximum atomic E-state index is 12.3. The van der Waals surface area contributed by atoms with Gasteiger partial charge in [0.15, 0.2) is 6.61 Å². The molecule has 2 rings (SSSR count). The molecule has 1 saturated heterocycles. The van der Waals surface area contributed by atoms with Gasteiger partial charge in [0.2, 0.25) is 0 Å². The lowest BCUT2D eigenvalue weighted by atomic mass is 9.92. The van der Waals surface area contributed by atoms with Gasteiger partial charge in [-0.05, 0) is 36.0 Å². The molecule has 126 valence electrons. The average molecular weight is 319 g/mol. The molecule has 0 bridgehead atoms. The minimum absolute atomic E-state index is 0.0297. The molecule has 0 N–H and O–H groups in total. The second kappa shape index (κ2) is 7.99. The summed E-state index contributed by atoms with van der Waals surface area (Å²) in [5.41, 5.74) is 0.856. The Bertz CT molecular complexity index is 530. The topological polar surface area (TPSA) is 55.8 Å². The molecular weight excluding hydrogens is 294 g/mol. The van der Waals surface area contributed by atoms with Crippen molar-refractivity contribution in [1.82, 2.24) is 4.90 Å². The largest absolute Gasteiger partial charge is 0.484 e. The Labute approximate surface area is 137 Å². The Morgan fingerprint density at radius 1 is 1.13 bits per heavy atom. The highest BCUT2D eigenvalue weighted by Gasteiger charge is 2.25. The molecule has 1 aromatic carbocycles. The zero-order valence-electron chi connectivity index (χ0n) is 14.1. The Morgan fingerprint density at radius 2 is 1.74 bits per heavy atom. The summed E-state index contributed by atoms with van der Waals surface area (Å²) in [7, 11) is 1.37. The van der Waals surface area contributed by atoms with Crippen molar-refractivity contribution in [2.24, 2.45) is 11.8 Å². The highest BCUT2D eigenvalue weighted by atomic mass is 16.5. The number of benzene rings is 1. The highest BCUT2D eigenvalue weighted by Crippen LogP contribution is 2.21. The van der Waals surface area contributed by atoms with E-state index < -0.39 is 0 Å². The van der Waals surface area contributed by atoms with Gasteiger partial charge in [0.1, 0.15) is 5.75 Å². The van der Waals surface area contributed by atoms with Crippen molar-refractivity contribution in [1.29, 1.82) is 0 Å². The number of ether oxygens (including phenoxy) is 2. The zero-order valence-corrected chi connectivity index (χ0v) is 14.1. The molecule has 1 aliphatic rings. The van der Waals surface area contributed by atoms with Gasteiger partial charge in [0, 0.05) is 13.1 Å². The van der Waals surface area contributed by atoms with Crippen molar-refractivity contribution in [3.05, 3.63) is 29.8 Å². The number of likely N-dealkylation sites (tertiary alicyclic amines) is 1. The predicted octanol–water partition coefficient (Wildman–Crippen LogP) is 2.29. The lowest BCUT2D eigenvalue weighted by molar-refractivity contribution is -0.139. The van der Waals surface area contributed by atoms with Crippen LogP contribution in [-0.4, -0.2) is 43.6 Å². The Kier molecular flexibility index (Phi) is 6.02. The molecule has 0 radical (unpaired) electrons. The second-order valence-electron chi connectivity index (χ2n) is 6.43. The number of methoxy groups -OCH3 is 1. The Hall–Kier alpha value is -2.04. The van der Waals surface area contributed by atoms with Crippen molar-refractivity contribution >= 4 is 11.9 Å². The summed E-state index contributed by atoms with van der Waals surface area (Å²) in [6.07, 6.45) is 1.41. The summed E-state index contributed by atoms with van der Waals surface area (Å²) < 4.78 is 10.2. The van der Waals surface area contributed by atoms with Crippen molar-refractivity contribution in [2.45, 2.75) is 26.7 Å². The minimum atomic E-state index is -0.276. The van der Waals surface area contributed by atoms with Crippen molar-refractivity contribution in [2.75, 3.05) is 26.8 Å². The first kappa shape index (κ1) is 17.3. The van der Waals surface area contributed by atoms with Crippen LogP contribution in [0.15, 0.2) is 24.3 Å². The fourth-order valence-corrected chi connectivity index (χ4v) is 3.05. The summed E-state index contributed by atoms with van der Waals surface area (Å²) >= 11 is 0. The third-order valence-electron chi connectivity index (χ3n) is 4.08. The number of hydrogen-bond donors (Lipinski definition) is 0. The van der Waals surface area contributed by atoms with Crippen LogP contribution in [0.3, 0.4) is 0 Å². The summed E-state index contributed by atoms with van der Waals surface area (Å²) in [5.74, 6) is 1.47. The SMILES string of the molecule is COC(=O)Cc1ccc(OCC(=O)N2CC(C)CC(C)C2)cc1. The lowest BCUT2D eigenvalue weighted by Gasteiger charge is -2.34. The van der Waals surface area contributed by atoms with Crippen molar-refractivity contribution in [3.8, 4) is 5.75 Å². The number of rotatable bonds is 5. The molecule has 0 spiro atoms. The molecule has 5 heteroatoms. The fraction of sp³-hybridized carbons (Fsp3) is 0.556. The average Bonchev–Trinajstić information content (AvgIpc) is 2.52. The Balaban J connectivity index is 1.83. The van der Waals surface area contributed by atoms with Crippen LogP contribution >= 0.6 is 0 Å². The van der Waals surface area contributed by atoms with Gasteiger partial charge in [0.05, 0.1) is 13.5 Å². The second-order valence-corrected chi connectivity index (χ2v) is 6.43. The quantitative estimate of drug-likeness (QED) is 0.781. The van der Waals surface area contributed by atoms with Crippen LogP contribution in [0, 0.1) is 11.8 Å². The molecule has 1 heterocycles. The van der Waals surface area contributed by atoms with Gasteiger partial charge in [-0.2, -0.15) is 0 Å². The maximum absolute atomic E-state index is 12.3. The van der Waals surface area contributed by atoms with E-state index in [1.807, 2.05) is 17.0 Å². The molecule has 2 unspecified atom stereocenters. The van der Waals surface area contributed by atoms with Gasteiger partial charge in [-0.1, -0.05) is 26.0 Å². The number of hydrogen-bond acceptors (Lipinski definition) is 4. The third kappa shape index (κ3) is 5.27. The predicted molar refractivity (Wildman–Crippen MR) is 87.2 cm³/mol. The summed E-state index contributed by atoms with van der Waals surface area (Å²) in [6, 6.07) is 7.16. The smallest absolute Gasteiger partial charge is 0.309 e. The molecule has 5 nitrogen and oxygen atoms in total. The zero-order chi connectivity index (χ0) is 16.8. The molecule has 1 aromatic rings. The summed E-state index contributed by atoms with van der Waals surface area (Å²) in [6.45, 7) is 6.03. The minimum Gasteiger partial charge on any atom is -0.484 e. The molecule has 0 aliphatic carbocycles. The fourth-order valence-electron chi connectivity index (χ4n) is 3.05. The molecule has 23 heavy (non-hydrogen) atoms. The molecular formula is C18H25NO4. The number of amides is 1. The first-order valence-corrected chi connectivity index (χ1v) is 8.04. The van der Waals surface area contributed by atoms with Crippen LogP contribution < -0.4 is 4.74 Å². The number of carbonyl (C=O) groups excluding carboxylic acids is 2. The molecule has 1 aliphatic heterocycles. The Morgan fingerprint density at radius 3 is 2.30 bits per heavy atom.